The highest BCUT2D eigenvalue weighted by Gasteiger charge is 2.40. The van der Waals surface area contributed by atoms with Crippen molar-refractivity contribution in [1.29, 1.82) is 0 Å². The Bertz CT molecular complexity index is 527. The molecular weight excluding hydrogens is 328 g/mol. The molecule has 2 saturated heterocycles. The molecule has 2 rings (SSSR count). The maximum Gasteiger partial charge on any atom is 0.193 e. The average Bonchev–Trinajstić information content (AvgIpc) is 2.55. The van der Waals surface area contributed by atoms with Crippen LogP contribution in [-0.4, -0.2) is 94.2 Å². The number of guanidine groups is 1. The molecule has 0 unspecified atom stereocenters. The molecule has 0 radical (unpaired) electrons. The average molecular weight is 361 g/mol. The minimum atomic E-state index is -3.02. The molecule has 0 aromatic carbocycles. The van der Waals surface area contributed by atoms with Gasteiger partial charge in [0.05, 0.1) is 23.7 Å². The molecule has 24 heavy (non-hydrogen) atoms. The van der Waals surface area contributed by atoms with Crippen molar-refractivity contribution in [3.8, 4) is 0 Å². The van der Waals surface area contributed by atoms with Gasteiger partial charge in [0.25, 0.3) is 0 Å². The normalized spacial score (nSPS) is 24.8. The largest absolute Gasteiger partial charge is 0.379 e. The fourth-order valence-electron chi connectivity index (χ4n) is 3.14. The Labute approximate surface area is 146 Å². The van der Waals surface area contributed by atoms with Crippen molar-refractivity contribution in [2.45, 2.75) is 31.4 Å². The Morgan fingerprint density at radius 1 is 1.21 bits per heavy atom. The lowest BCUT2D eigenvalue weighted by atomic mass is 10.2. The van der Waals surface area contributed by atoms with E-state index in [9.17, 15) is 8.42 Å². The number of ether oxygens (including phenoxy) is 1. The fourth-order valence-corrected chi connectivity index (χ4v) is 4.51. The van der Waals surface area contributed by atoms with Crippen molar-refractivity contribution in [1.82, 2.24) is 15.1 Å². The quantitative estimate of drug-likeness (QED) is 0.428. The van der Waals surface area contributed by atoms with Crippen molar-refractivity contribution in [3.63, 3.8) is 0 Å². The standard InChI is InChI=1S/C16H32N4O3S/c1-16(2)14-20(10-13-24(16,21)22)15(17-3)18-6-4-5-7-19-8-11-23-12-9-19/h4-14H2,1-3H3,(H,17,18). The van der Waals surface area contributed by atoms with Gasteiger partial charge in [0, 0.05) is 39.8 Å². The van der Waals surface area contributed by atoms with E-state index in [1.54, 1.807) is 20.9 Å². The van der Waals surface area contributed by atoms with Crippen molar-refractivity contribution in [2.24, 2.45) is 4.99 Å². The maximum atomic E-state index is 12.1. The van der Waals surface area contributed by atoms with Crippen LogP contribution in [0.4, 0.5) is 0 Å². The number of aliphatic imine (C=N–C) groups is 1. The molecule has 1 N–H and O–H groups in total. The number of unbranched alkanes of at least 4 members (excludes halogenated alkanes) is 1. The number of sulfone groups is 1. The lowest BCUT2D eigenvalue weighted by Gasteiger charge is -2.39. The number of hydrogen-bond donors (Lipinski definition) is 1. The Hall–Kier alpha value is -0.860. The van der Waals surface area contributed by atoms with Crippen LogP contribution in [0.15, 0.2) is 4.99 Å². The van der Waals surface area contributed by atoms with Crippen molar-refractivity contribution in [3.05, 3.63) is 0 Å². The number of morpholine rings is 1. The first kappa shape index (κ1) is 19.5. The predicted molar refractivity (Wildman–Crippen MR) is 97.3 cm³/mol. The summed E-state index contributed by atoms with van der Waals surface area (Å²) in [5.41, 5.74) is 0. The molecule has 0 atom stereocenters. The van der Waals surface area contributed by atoms with Crippen LogP contribution in [0.1, 0.15) is 26.7 Å². The van der Waals surface area contributed by atoms with E-state index in [4.69, 9.17) is 4.74 Å². The van der Waals surface area contributed by atoms with E-state index < -0.39 is 14.6 Å². The number of rotatable bonds is 5. The zero-order chi connectivity index (χ0) is 17.6. The van der Waals surface area contributed by atoms with E-state index in [-0.39, 0.29) is 5.75 Å². The smallest absolute Gasteiger partial charge is 0.193 e. The molecule has 7 nitrogen and oxygen atoms in total. The van der Waals surface area contributed by atoms with E-state index >= 15 is 0 Å². The van der Waals surface area contributed by atoms with E-state index in [2.05, 4.69) is 20.1 Å². The summed E-state index contributed by atoms with van der Waals surface area (Å²) in [5.74, 6) is 1.00. The number of nitrogens with zero attached hydrogens (tertiary/aromatic N) is 3. The molecule has 0 aromatic heterocycles. The molecule has 2 aliphatic rings. The van der Waals surface area contributed by atoms with Gasteiger partial charge in [-0.05, 0) is 33.2 Å². The van der Waals surface area contributed by atoms with Gasteiger partial charge >= 0.3 is 0 Å². The topological polar surface area (TPSA) is 74.2 Å². The molecule has 8 heteroatoms. The SMILES string of the molecule is CN=C(NCCCCN1CCOCC1)N1CCS(=O)(=O)C(C)(C)C1. The van der Waals surface area contributed by atoms with E-state index in [0.717, 1.165) is 58.2 Å². The second-order valence-electron chi connectivity index (χ2n) is 7.14. The molecule has 0 aromatic rings. The van der Waals surface area contributed by atoms with Gasteiger partial charge in [-0.25, -0.2) is 8.42 Å². The predicted octanol–water partition coefficient (Wildman–Crippen LogP) is 0.183. The maximum absolute atomic E-state index is 12.1. The Morgan fingerprint density at radius 3 is 2.54 bits per heavy atom. The Balaban J connectivity index is 1.71. The zero-order valence-electron chi connectivity index (χ0n) is 15.3. The minimum absolute atomic E-state index is 0.192. The monoisotopic (exact) mass is 360 g/mol. The van der Waals surface area contributed by atoms with Gasteiger partial charge in [-0.1, -0.05) is 0 Å². The van der Waals surface area contributed by atoms with Crippen LogP contribution in [0.3, 0.4) is 0 Å². The van der Waals surface area contributed by atoms with Gasteiger partial charge in [0.2, 0.25) is 0 Å². The molecule has 0 spiro atoms. The molecule has 2 heterocycles. The van der Waals surface area contributed by atoms with Gasteiger partial charge in [0.1, 0.15) is 0 Å². The molecule has 0 saturated carbocycles. The van der Waals surface area contributed by atoms with Crippen LogP contribution in [0.2, 0.25) is 0 Å². The molecule has 0 bridgehead atoms. The van der Waals surface area contributed by atoms with Gasteiger partial charge in [-0.15, -0.1) is 0 Å². The molecule has 0 amide bonds. The second kappa shape index (κ2) is 8.49. The molecule has 0 aliphatic carbocycles. The molecular formula is C16H32N4O3S. The highest BCUT2D eigenvalue weighted by molar-refractivity contribution is 7.92. The summed E-state index contributed by atoms with van der Waals surface area (Å²) >= 11 is 0. The van der Waals surface area contributed by atoms with Gasteiger partial charge in [-0.3, -0.25) is 9.89 Å². The van der Waals surface area contributed by atoms with Crippen LogP contribution in [-0.2, 0) is 14.6 Å². The fraction of sp³-hybridized carbons (Fsp3) is 0.938. The summed E-state index contributed by atoms with van der Waals surface area (Å²) in [6.45, 7) is 10.3. The summed E-state index contributed by atoms with van der Waals surface area (Å²) in [5, 5.41) is 3.38. The highest BCUT2D eigenvalue weighted by atomic mass is 32.2. The van der Waals surface area contributed by atoms with Gasteiger partial charge in [0.15, 0.2) is 15.8 Å². The molecule has 2 fully saturated rings. The van der Waals surface area contributed by atoms with Crippen LogP contribution >= 0.6 is 0 Å². The van der Waals surface area contributed by atoms with Gasteiger partial charge < -0.3 is 15.0 Å². The lowest BCUT2D eigenvalue weighted by molar-refractivity contribution is 0.0372. The summed E-state index contributed by atoms with van der Waals surface area (Å²) in [4.78, 5) is 8.82. The minimum Gasteiger partial charge on any atom is -0.379 e. The second-order valence-corrected chi connectivity index (χ2v) is 9.88. The summed E-state index contributed by atoms with van der Waals surface area (Å²) in [6, 6.07) is 0. The number of hydrogen-bond acceptors (Lipinski definition) is 5. The zero-order valence-corrected chi connectivity index (χ0v) is 16.1. The molecule has 140 valence electrons. The molecule has 2 aliphatic heterocycles. The van der Waals surface area contributed by atoms with Crippen LogP contribution < -0.4 is 5.32 Å². The summed E-state index contributed by atoms with van der Waals surface area (Å²) in [6.07, 6.45) is 2.22. The summed E-state index contributed by atoms with van der Waals surface area (Å²) < 4.78 is 28.8. The Kier molecular flexibility index (Phi) is 6.88. The van der Waals surface area contributed by atoms with Gasteiger partial charge in [-0.2, -0.15) is 0 Å². The van der Waals surface area contributed by atoms with E-state index in [1.807, 2.05) is 0 Å². The van der Waals surface area contributed by atoms with Crippen LogP contribution in [0.5, 0.6) is 0 Å². The van der Waals surface area contributed by atoms with Crippen LogP contribution in [0, 0.1) is 0 Å². The Morgan fingerprint density at radius 2 is 1.92 bits per heavy atom. The van der Waals surface area contributed by atoms with Crippen molar-refractivity contribution in [2.75, 3.05) is 65.3 Å². The first-order valence-corrected chi connectivity index (χ1v) is 10.5. The third kappa shape index (κ3) is 5.07. The third-order valence-corrected chi connectivity index (χ3v) is 7.38. The van der Waals surface area contributed by atoms with E-state index in [1.165, 1.54) is 0 Å². The lowest BCUT2D eigenvalue weighted by Crippen LogP contribution is -2.57. The highest BCUT2D eigenvalue weighted by Crippen LogP contribution is 2.23. The first-order valence-electron chi connectivity index (χ1n) is 8.84. The van der Waals surface area contributed by atoms with Crippen molar-refractivity contribution >= 4 is 15.8 Å². The first-order chi connectivity index (χ1) is 11.4. The van der Waals surface area contributed by atoms with Crippen molar-refractivity contribution < 1.29 is 13.2 Å². The number of nitrogens with one attached hydrogen (secondary N) is 1. The van der Waals surface area contributed by atoms with E-state index in [0.29, 0.717) is 13.1 Å². The summed E-state index contributed by atoms with van der Waals surface area (Å²) in [7, 11) is -1.26. The third-order valence-electron chi connectivity index (χ3n) is 4.84. The van der Waals surface area contributed by atoms with Crippen LogP contribution in [0.25, 0.3) is 0 Å².